The number of fused-ring (bicyclic) bond motifs is 1. The van der Waals surface area contributed by atoms with E-state index in [0.717, 1.165) is 27.5 Å². The highest BCUT2D eigenvalue weighted by Gasteiger charge is 2.12. The lowest BCUT2D eigenvalue weighted by atomic mass is 10.0. The second kappa shape index (κ2) is 6.02. The molecule has 0 radical (unpaired) electrons. The molecule has 0 bridgehead atoms. The molecule has 3 aromatic carbocycles. The monoisotopic (exact) mass is 290 g/mol. The smallest absolute Gasteiger partial charge is 0.338 e. The zero-order valence-electron chi connectivity index (χ0n) is 12.8. The van der Waals surface area contributed by atoms with Gasteiger partial charge in [-0.25, -0.2) is 4.79 Å². The Bertz CT molecular complexity index is 829. The van der Waals surface area contributed by atoms with Crippen LogP contribution in [-0.4, -0.2) is 5.97 Å². The van der Waals surface area contributed by atoms with Crippen LogP contribution in [0.1, 0.15) is 27.0 Å². The molecule has 0 spiro atoms. The van der Waals surface area contributed by atoms with Crippen LogP contribution in [0.4, 0.5) is 0 Å². The van der Waals surface area contributed by atoms with Crippen molar-refractivity contribution in [2.24, 2.45) is 0 Å². The molecule has 22 heavy (non-hydrogen) atoms. The highest BCUT2D eigenvalue weighted by molar-refractivity contribution is 5.92. The number of hydrogen-bond acceptors (Lipinski definition) is 2. The third kappa shape index (κ3) is 2.73. The highest BCUT2D eigenvalue weighted by Crippen LogP contribution is 2.20. The molecule has 0 aromatic heterocycles. The third-order valence-electron chi connectivity index (χ3n) is 4.06. The number of carbonyl (C=O) groups excluding carboxylic acids is 1. The second-order valence-electron chi connectivity index (χ2n) is 5.46. The Morgan fingerprint density at radius 3 is 2.50 bits per heavy atom. The van der Waals surface area contributed by atoms with Crippen molar-refractivity contribution < 1.29 is 9.53 Å². The minimum Gasteiger partial charge on any atom is -0.457 e. The van der Waals surface area contributed by atoms with Crippen molar-refractivity contribution in [1.82, 2.24) is 0 Å². The van der Waals surface area contributed by atoms with E-state index in [1.165, 1.54) is 0 Å². The van der Waals surface area contributed by atoms with Crippen LogP contribution in [0.2, 0.25) is 0 Å². The van der Waals surface area contributed by atoms with Gasteiger partial charge < -0.3 is 4.74 Å². The first-order valence-electron chi connectivity index (χ1n) is 7.37. The van der Waals surface area contributed by atoms with E-state index in [1.54, 1.807) is 0 Å². The number of carbonyl (C=O) groups is 1. The van der Waals surface area contributed by atoms with Crippen molar-refractivity contribution >= 4 is 16.7 Å². The normalized spacial score (nSPS) is 10.6. The SMILES string of the molecule is Cc1cccc(C(=O)OCc2cccc3ccccc23)c1C. The largest absolute Gasteiger partial charge is 0.457 e. The van der Waals surface area contributed by atoms with Crippen LogP contribution in [-0.2, 0) is 11.3 Å². The van der Waals surface area contributed by atoms with Gasteiger partial charge in [0.25, 0.3) is 0 Å². The van der Waals surface area contributed by atoms with Gasteiger partial charge in [-0.3, -0.25) is 0 Å². The quantitative estimate of drug-likeness (QED) is 0.647. The summed E-state index contributed by atoms with van der Waals surface area (Å²) in [4.78, 5) is 12.3. The van der Waals surface area contributed by atoms with Crippen LogP contribution in [0, 0.1) is 13.8 Å². The summed E-state index contributed by atoms with van der Waals surface area (Å²) in [6.07, 6.45) is 0. The number of hydrogen-bond donors (Lipinski definition) is 0. The molecule has 0 aliphatic carbocycles. The molecule has 0 saturated carbocycles. The highest BCUT2D eigenvalue weighted by atomic mass is 16.5. The topological polar surface area (TPSA) is 26.3 Å². The summed E-state index contributed by atoms with van der Waals surface area (Å²) in [7, 11) is 0. The number of rotatable bonds is 3. The molecule has 0 atom stereocenters. The molecule has 2 nitrogen and oxygen atoms in total. The lowest BCUT2D eigenvalue weighted by Gasteiger charge is -2.10. The van der Waals surface area contributed by atoms with E-state index in [0.29, 0.717) is 5.56 Å². The van der Waals surface area contributed by atoms with Gasteiger partial charge in [-0.05, 0) is 47.4 Å². The van der Waals surface area contributed by atoms with Crippen LogP contribution in [0.3, 0.4) is 0 Å². The standard InChI is InChI=1S/C20H18O2/c1-14-7-5-12-18(15(14)2)20(21)22-13-17-10-6-9-16-8-3-4-11-19(16)17/h3-12H,13H2,1-2H3. The molecular weight excluding hydrogens is 272 g/mol. The van der Waals surface area contributed by atoms with Crippen molar-refractivity contribution in [3.05, 3.63) is 82.9 Å². The summed E-state index contributed by atoms with van der Waals surface area (Å²) in [5.41, 5.74) is 3.74. The molecular formula is C20H18O2. The van der Waals surface area contributed by atoms with Crippen LogP contribution in [0.15, 0.2) is 60.7 Å². The maximum absolute atomic E-state index is 12.3. The van der Waals surface area contributed by atoms with Gasteiger partial charge in [-0.15, -0.1) is 0 Å². The summed E-state index contributed by atoms with van der Waals surface area (Å²) in [5, 5.41) is 2.28. The molecule has 0 unspecified atom stereocenters. The maximum Gasteiger partial charge on any atom is 0.338 e. The van der Waals surface area contributed by atoms with E-state index in [4.69, 9.17) is 4.74 Å². The van der Waals surface area contributed by atoms with Gasteiger partial charge in [0.05, 0.1) is 5.56 Å². The van der Waals surface area contributed by atoms with Gasteiger partial charge in [0.2, 0.25) is 0 Å². The summed E-state index contributed by atoms with van der Waals surface area (Å²) in [6.45, 7) is 4.23. The predicted octanol–water partition coefficient (Wildman–Crippen LogP) is 4.81. The Balaban J connectivity index is 1.82. The van der Waals surface area contributed by atoms with Crippen molar-refractivity contribution in [1.29, 1.82) is 0 Å². The second-order valence-corrected chi connectivity index (χ2v) is 5.46. The molecule has 3 aromatic rings. The molecule has 0 fully saturated rings. The first kappa shape index (κ1) is 14.3. The minimum absolute atomic E-state index is 0.269. The fourth-order valence-corrected chi connectivity index (χ4v) is 2.61. The van der Waals surface area contributed by atoms with Crippen LogP contribution >= 0.6 is 0 Å². The fourth-order valence-electron chi connectivity index (χ4n) is 2.61. The van der Waals surface area contributed by atoms with E-state index in [-0.39, 0.29) is 12.6 Å². The molecule has 0 heterocycles. The molecule has 0 saturated heterocycles. The fraction of sp³-hybridized carbons (Fsp3) is 0.150. The molecule has 110 valence electrons. The summed E-state index contributed by atoms with van der Waals surface area (Å²) in [6, 6.07) is 19.9. The third-order valence-corrected chi connectivity index (χ3v) is 4.06. The predicted molar refractivity (Wildman–Crippen MR) is 89.0 cm³/mol. The van der Waals surface area contributed by atoms with Crippen LogP contribution in [0.5, 0.6) is 0 Å². The van der Waals surface area contributed by atoms with E-state index < -0.39 is 0 Å². The number of aryl methyl sites for hydroxylation is 1. The van der Waals surface area contributed by atoms with E-state index in [1.807, 2.05) is 56.3 Å². The molecule has 0 aliphatic rings. The van der Waals surface area contributed by atoms with Gasteiger partial charge in [-0.1, -0.05) is 54.6 Å². The average molecular weight is 290 g/mol. The van der Waals surface area contributed by atoms with Crippen molar-refractivity contribution in [3.63, 3.8) is 0 Å². The van der Waals surface area contributed by atoms with Gasteiger partial charge in [0.15, 0.2) is 0 Å². The molecule has 3 rings (SSSR count). The zero-order valence-corrected chi connectivity index (χ0v) is 12.8. The average Bonchev–Trinajstić information content (AvgIpc) is 2.55. The zero-order chi connectivity index (χ0) is 15.5. The summed E-state index contributed by atoms with van der Waals surface area (Å²) < 4.78 is 5.52. The van der Waals surface area contributed by atoms with E-state index in [2.05, 4.69) is 18.2 Å². The first-order valence-corrected chi connectivity index (χ1v) is 7.37. The Kier molecular flexibility index (Phi) is 3.92. The van der Waals surface area contributed by atoms with Crippen molar-refractivity contribution in [3.8, 4) is 0 Å². The summed E-state index contributed by atoms with van der Waals surface area (Å²) >= 11 is 0. The van der Waals surface area contributed by atoms with Crippen molar-refractivity contribution in [2.45, 2.75) is 20.5 Å². The Hall–Kier alpha value is -2.61. The number of esters is 1. The Morgan fingerprint density at radius 1 is 0.909 bits per heavy atom. The molecule has 0 amide bonds. The Morgan fingerprint density at radius 2 is 1.64 bits per heavy atom. The van der Waals surface area contributed by atoms with E-state index >= 15 is 0 Å². The molecule has 0 N–H and O–H groups in total. The van der Waals surface area contributed by atoms with Gasteiger partial charge >= 0.3 is 5.97 Å². The van der Waals surface area contributed by atoms with Crippen LogP contribution < -0.4 is 0 Å². The summed E-state index contributed by atoms with van der Waals surface area (Å²) in [5.74, 6) is -0.269. The first-order chi connectivity index (χ1) is 10.7. The van der Waals surface area contributed by atoms with E-state index in [9.17, 15) is 4.79 Å². The Labute approximate surface area is 130 Å². The van der Waals surface area contributed by atoms with Crippen molar-refractivity contribution in [2.75, 3.05) is 0 Å². The lowest BCUT2D eigenvalue weighted by Crippen LogP contribution is -2.08. The van der Waals surface area contributed by atoms with Gasteiger partial charge in [-0.2, -0.15) is 0 Å². The number of benzene rings is 3. The van der Waals surface area contributed by atoms with Gasteiger partial charge in [0, 0.05) is 0 Å². The number of ether oxygens (including phenoxy) is 1. The van der Waals surface area contributed by atoms with Gasteiger partial charge in [0.1, 0.15) is 6.61 Å². The maximum atomic E-state index is 12.3. The minimum atomic E-state index is -0.269. The van der Waals surface area contributed by atoms with Crippen LogP contribution in [0.25, 0.3) is 10.8 Å². The molecule has 0 aliphatic heterocycles. The lowest BCUT2D eigenvalue weighted by molar-refractivity contribution is 0.0473. The molecule has 2 heteroatoms.